The fourth-order valence-electron chi connectivity index (χ4n) is 6.22. The summed E-state index contributed by atoms with van der Waals surface area (Å²) in [5.74, 6) is 0.978. The molecule has 7 heteroatoms. The summed E-state index contributed by atoms with van der Waals surface area (Å²) in [5.41, 5.74) is 1.51. The number of quaternary nitrogens is 1. The summed E-state index contributed by atoms with van der Waals surface area (Å²) in [5, 5.41) is 5.88. The number of carbonyl (C=O) groups is 1. The van der Waals surface area contributed by atoms with Gasteiger partial charge in [0.25, 0.3) is 5.56 Å². The zero-order valence-electron chi connectivity index (χ0n) is 17.8. The van der Waals surface area contributed by atoms with E-state index in [1.165, 1.54) is 25.7 Å². The number of rotatable bonds is 3. The van der Waals surface area contributed by atoms with E-state index in [4.69, 9.17) is 4.74 Å². The largest absolute Gasteiger partial charge is 0.381 e. The highest BCUT2D eigenvalue weighted by atomic mass is 16.5. The van der Waals surface area contributed by atoms with Gasteiger partial charge in [-0.1, -0.05) is 19.3 Å². The average Bonchev–Trinajstić information content (AvgIpc) is 2.77. The maximum Gasteiger partial charge on any atom is 0.319 e. The van der Waals surface area contributed by atoms with Crippen molar-refractivity contribution in [1.29, 1.82) is 0 Å². The monoisotopic (exact) mass is 415 g/mol. The Morgan fingerprint density at radius 2 is 1.87 bits per heavy atom. The van der Waals surface area contributed by atoms with Crippen molar-refractivity contribution >= 4 is 11.7 Å². The molecule has 3 atom stereocenters. The number of piperidine rings is 1. The topological polar surface area (TPSA) is 76.8 Å². The van der Waals surface area contributed by atoms with Crippen LogP contribution in [0.15, 0.2) is 16.9 Å². The van der Waals surface area contributed by atoms with Crippen LogP contribution in [0.25, 0.3) is 0 Å². The van der Waals surface area contributed by atoms with E-state index in [9.17, 15) is 9.59 Å². The van der Waals surface area contributed by atoms with Crippen molar-refractivity contribution in [2.75, 3.05) is 31.6 Å². The number of fused-ring (bicyclic) bond motifs is 4. The van der Waals surface area contributed by atoms with E-state index < -0.39 is 0 Å². The minimum Gasteiger partial charge on any atom is -0.381 e. The fraction of sp³-hybridized carbons (Fsp3) is 0.739. The molecule has 3 N–H and O–H groups in total. The summed E-state index contributed by atoms with van der Waals surface area (Å²) in [6, 6.07) is 4.58. The van der Waals surface area contributed by atoms with Gasteiger partial charge in [0.05, 0.1) is 32.3 Å². The normalized spacial score (nSPS) is 29.8. The van der Waals surface area contributed by atoms with Crippen LogP contribution in [0.3, 0.4) is 0 Å². The molecule has 1 aromatic heterocycles. The molecular formula is C23H35N4O3+. The third-order valence-electron chi connectivity index (χ3n) is 7.73. The molecule has 0 radical (unpaired) electrons. The van der Waals surface area contributed by atoms with Gasteiger partial charge in [-0.3, -0.25) is 4.79 Å². The maximum atomic E-state index is 13.2. The number of nitrogens with zero attached hydrogens (tertiary/aromatic N) is 1. The highest BCUT2D eigenvalue weighted by Gasteiger charge is 2.40. The van der Waals surface area contributed by atoms with Crippen LogP contribution in [0, 0.1) is 5.92 Å². The SMILES string of the molecule is O=C(Nc1ccc2n(c1=O)C[C@H]1C[C@@H]2C[NH+](C2CCOCC2)C1)NC1CCCCC1. The number of aromatic nitrogens is 1. The number of pyridine rings is 1. The van der Waals surface area contributed by atoms with Gasteiger partial charge in [0.1, 0.15) is 5.69 Å². The summed E-state index contributed by atoms with van der Waals surface area (Å²) in [6.07, 6.45) is 9.15. The lowest BCUT2D eigenvalue weighted by Gasteiger charge is -2.44. The molecule has 0 spiro atoms. The van der Waals surface area contributed by atoms with Crippen molar-refractivity contribution in [3.8, 4) is 0 Å². The molecule has 0 aromatic carbocycles. The second-order valence-corrected chi connectivity index (χ2v) is 9.77. The first-order valence-electron chi connectivity index (χ1n) is 11.9. The standard InChI is InChI=1S/C23H34N4O3/c28-22-20(25-23(29)24-18-4-2-1-3-5-18)6-7-21-17-12-16(14-27(21)22)13-26(15-17)19-8-10-30-11-9-19/h6-7,16-19H,1-5,8-15H2,(H2,24,25,29)/p+1/t16-,17+/m0/s1. The number of ether oxygens (including phenoxy) is 1. The third-order valence-corrected chi connectivity index (χ3v) is 7.73. The average molecular weight is 416 g/mol. The lowest BCUT2D eigenvalue weighted by Crippen LogP contribution is -3.18. The lowest BCUT2D eigenvalue weighted by atomic mass is 9.82. The van der Waals surface area contributed by atoms with Crippen molar-refractivity contribution in [1.82, 2.24) is 9.88 Å². The Kier molecular flexibility index (Phi) is 5.83. The Hall–Kier alpha value is -1.86. The van der Waals surface area contributed by atoms with Crippen molar-refractivity contribution in [2.24, 2.45) is 5.92 Å². The first-order valence-corrected chi connectivity index (χ1v) is 11.9. The number of nitrogens with one attached hydrogen (secondary N) is 3. The molecule has 1 saturated carbocycles. The predicted octanol–water partition coefficient (Wildman–Crippen LogP) is 1.48. The molecule has 1 aromatic rings. The highest BCUT2D eigenvalue weighted by molar-refractivity contribution is 5.89. The molecule has 30 heavy (non-hydrogen) atoms. The quantitative estimate of drug-likeness (QED) is 0.700. The van der Waals surface area contributed by atoms with Crippen LogP contribution in [-0.4, -0.2) is 49.0 Å². The molecule has 164 valence electrons. The molecule has 2 amide bonds. The number of carbonyl (C=O) groups excluding carboxylic acids is 1. The Labute approximate surface area is 178 Å². The summed E-state index contributed by atoms with van der Waals surface area (Å²) < 4.78 is 7.49. The predicted molar refractivity (Wildman–Crippen MR) is 115 cm³/mol. The van der Waals surface area contributed by atoms with Crippen LogP contribution in [0.4, 0.5) is 10.5 Å². The van der Waals surface area contributed by atoms with E-state index in [-0.39, 0.29) is 17.6 Å². The number of amides is 2. The Morgan fingerprint density at radius 1 is 1.07 bits per heavy atom. The molecular weight excluding hydrogens is 380 g/mol. The second-order valence-electron chi connectivity index (χ2n) is 9.77. The van der Waals surface area contributed by atoms with Gasteiger partial charge in [0, 0.05) is 43.0 Å². The van der Waals surface area contributed by atoms with E-state index in [2.05, 4.69) is 16.7 Å². The van der Waals surface area contributed by atoms with Gasteiger partial charge in [-0.2, -0.15) is 0 Å². The van der Waals surface area contributed by atoms with E-state index >= 15 is 0 Å². The van der Waals surface area contributed by atoms with Crippen molar-refractivity contribution in [3.63, 3.8) is 0 Å². The summed E-state index contributed by atoms with van der Waals surface area (Å²) in [4.78, 5) is 27.3. The first-order chi connectivity index (χ1) is 14.7. The summed E-state index contributed by atoms with van der Waals surface area (Å²) >= 11 is 0. The zero-order valence-corrected chi connectivity index (χ0v) is 17.8. The van der Waals surface area contributed by atoms with Crippen molar-refractivity contribution in [3.05, 3.63) is 28.2 Å². The van der Waals surface area contributed by atoms with Gasteiger partial charge in [0.2, 0.25) is 0 Å². The van der Waals surface area contributed by atoms with Crippen LogP contribution in [0.1, 0.15) is 63.0 Å². The molecule has 5 rings (SSSR count). The van der Waals surface area contributed by atoms with Gasteiger partial charge >= 0.3 is 6.03 Å². The Morgan fingerprint density at radius 3 is 2.67 bits per heavy atom. The molecule has 1 aliphatic carbocycles. The van der Waals surface area contributed by atoms with E-state index in [1.807, 2.05) is 10.6 Å². The van der Waals surface area contributed by atoms with Gasteiger partial charge in [0.15, 0.2) is 0 Å². The molecule has 2 saturated heterocycles. The fourth-order valence-corrected chi connectivity index (χ4v) is 6.22. The number of likely N-dealkylation sites (tertiary alicyclic amines) is 1. The number of hydrogen-bond acceptors (Lipinski definition) is 3. The van der Waals surface area contributed by atoms with Gasteiger partial charge in [-0.05, 0) is 31.4 Å². The lowest BCUT2D eigenvalue weighted by molar-refractivity contribution is -0.937. The van der Waals surface area contributed by atoms with Crippen LogP contribution < -0.4 is 21.1 Å². The highest BCUT2D eigenvalue weighted by Crippen LogP contribution is 2.31. The molecule has 7 nitrogen and oxygen atoms in total. The third kappa shape index (κ3) is 4.14. The molecule has 4 aliphatic rings. The van der Waals surface area contributed by atoms with Crippen molar-refractivity contribution in [2.45, 2.75) is 75.9 Å². The smallest absolute Gasteiger partial charge is 0.319 e. The molecule has 3 fully saturated rings. The van der Waals surface area contributed by atoms with E-state index in [1.54, 1.807) is 4.90 Å². The zero-order chi connectivity index (χ0) is 20.5. The minimum absolute atomic E-state index is 0.0458. The molecule has 1 unspecified atom stereocenters. The van der Waals surface area contributed by atoms with Crippen LogP contribution in [-0.2, 0) is 11.3 Å². The molecule has 2 bridgehead atoms. The van der Waals surface area contributed by atoms with Gasteiger partial charge < -0.3 is 24.8 Å². The second kappa shape index (κ2) is 8.71. The number of anilines is 1. The first kappa shape index (κ1) is 20.1. The summed E-state index contributed by atoms with van der Waals surface area (Å²) in [7, 11) is 0. The maximum absolute atomic E-state index is 13.2. The Balaban J connectivity index is 1.28. The van der Waals surface area contributed by atoms with Crippen molar-refractivity contribution < 1.29 is 14.4 Å². The Bertz CT molecular complexity index is 826. The number of hydrogen-bond donors (Lipinski definition) is 3. The van der Waals surface area contributed by atoms with Crippen LogP contribution in [0.2, 0.25) is 0 Å². The van der Waals surface area contributed by atoms with Crippen LogP contribution >= 0.6 is 0 Å². The van der Waals surface area contributed by atoms with Crippen LogP contribution in [0.5, 0.6) is 0 Å². The number of urea groups is 1. The van der Waals surface area contributed by atoms with E-state index in [0.29, 0.717) is 23.6 Å². The van der Waals surface area contributed by atoms with Gasteiger partial charge in [-0.25, -0.2) is 4.79 Å². The van der Waals surface area contributed by atoms with E-state index in [0.717, 1.165) is 64.2 Å². The summed E-state index contributed by atoms with van der Waals surface area (Å²) in [6.45, 7) is 4.80. The van der Waals surface area contributed by atoms with Gasteiger partial charge in [-0.15, -0.1) is 0 Å². The minimum atomic E-state index is -0.245. The molecule has 4 heterocycles. The molecule has 3 aliphatic heterocycles.